The number of anilines is 1. The molecular weight excluding hydrogens is 439 g/mol. The van der Waals surface area contributed by atoms with Gasteiger partial charge in [-0.1, -0.05) is 24.3 Å². The Kier molecular flexibility index (Phi) is 6.99. The van der Waals surface area contributed by atoms with Crippen LogP contribution in [0.3, 0.4) is 0 Å². The van der Waals surface area contributed by atoms with Crippen LogP contribution < -0.4 is 10.2 Å². The molecule has 2 aromatic rings. The molecule has 1 atom stereocenters. The lowest BCUT2D eigenvalue weighted by molar-refractivity contribution is -0.141. The van der Waals surface area contributed by atoms with Gasteiger partial charge in [0.15, 0.2) is 5.13 Å². The van der Waals surface area contributed by atoms with Crippen LogP contribution >= 0.6 is 11.3 Å². The molecular formula is C22H28F3N5OS. The molecule has 32 heavy (non-hydrogen) atoms. The number of alkyl halides is 3. The van der Waals surface area contributed by atoms with E-state index in [9.17, 15) is 18.0 Å². The molecule has 1 amide bonds. The van der Waals surface area contributed by atoms with Crippen molar-refractivity contribution in [2.45, 2.75) is 51.4 Å². The number of hydrogen-bond donors (Lipinski definition) is 1. The number of nitrogens with one attached hydrogen (secondary N) is 1. The lowest BCUT2D eigenvalue weighted by Crippen LogP contribution is -2.48. The molecule has 4 heterocycles. The Balaban J connectivity index is 1.29. The Morgan fingerprint density at radius 1 is 1.22 bits per heavy atom. The molecule has 174 valence electrons. The highest BCUT2D eigenvalue weighted by Gasteiger charge is 2.32. The van der Waals surface area contributed by atoms with Crippen molar-refractivity contribution >= 4 is 22.4 Å². The summed E-state index contributed by atoms with van der Waals surface area (Å²) in [6.45, 7) is 6.46. The minimum Gasteiger partial charge on any atom is -0.348 e. The fraction of sp³-hybridized carbons (Fsp3) is 0.591. The first-order valence-electron chi connectivity index (χ1n) is 11.1. The average Bonchev–Trinajstić information content (AvgIpc) is 3.28. The summed E-state index contributed by atoms with van der Waals surface area (Å²) in [6.07, 6.45) is 1.81. The molecule has 2 fully saturated rings. The summed E-state index contributed by atoms with van der Waals surface area (Å²) in [4.78, 5) is 25.8. The Morgan fingerprint density at radius 2 is 2.00 bits per heavy atom. The monoisotopic (exact) mass is 467 g/mol. The summed E-state index contributed by atoms with van der Waals surface area (Å²) in [5, 5.41) is 3.46. The second-order valence-corrected chi connectivity index (χ2v) is 9.67. The van der Waals surface area contributed by atoms with Crippen molar-refractivity contribution in [2.24, 2.45) is 5.92 Å². The summed E-state index contributed by atoms with van der Waals surface area (Å²) < 4.78 is 38.4. The predicted molar refractivity (Wildman–Crippen MR) is 118 cm³/mol. The molecule has 0 spiro atoms. The second kappa shape index (κ2) is 9.74. The normalized spacial score (nSPS) is 21.0. The van der Waals surface area contributed by atoms with Gasteiger partial charge in [0.1, 0.15) is 10.6 Å². The van der Waals surface area contributed by atoms with Gasteiger partial charge in [-0.25, -0.2) is 9.97 Å². The Labute approximate surface area is 189 Å². The van der Waals surface area contributed by atoms with Gasteiger partial charge in [-0.2, -0.15) is 13.2 Å². The van der Waals surface area contributed by atoms with E-state index in [0.717, 1.165) is 43.0 Å². The van der Waals surface area contributed by atoms with E-state index in [4.69, 9.17) is 0 Å². The van der Waals surface area contributed by atoms with Crippen molar-refractivity contribution in [3.8, 4) is 0 Å². The molecule has 0 aromatic carbocycles. The molecule has 0 aliphatic carbocycles. The summed E-state index contributed by atoms with van der Waals surface area (Å²) >= 11 is 1.32. The van der Waals surface area contributed by atoms with E-state index < -0.39 is 11.9 Å². The Bertz CT molecular complexity index is 926. The van der Waals surface area contributed by atoms with Crippen molar-refractivity contribution in [3.05, 3.63) is 40.7 Å². The van der Waals surface area contributed by atoms with Crippen LogP contribution in [0.5, 0.6) is 0 Å². The number of piperidine rings is 2. The molecule has 6 nitrogen and oxygen atoms in total. The third kappa shape index (κ3) is 5.58. The van der Waals surface area contributed by atoms with Crippen molar-refractivity contribution in [1.29, 1.82) is 0 Å². The highest BCUT2D eigenvalue weighted by molar-refractivity contribution is 7.17. The lowest BCUT2D eigenvalue weighted by Gasteiger charge is -2.41. The zero-order valence-electron chi connectivity index (χ0n) is 18.1. The molecule has 4 rings (SSSR count). The number of likely N-dealkylation sites (tertiary alicyclic amines) is 1. The van der Waals surface area contributed by atoms with Crippen LogP contribution in [0, 0.1) is 5.92 Å². The first-order valence-corrected chi connectivity index (χ1v) is 11.9. The number of thiazole rings is 1. The van der Waals surface area contributed by atoms with Crippen LogP contribution in [-0.2, 0) is 12.7 Å². The third-order valence-electron chi connectivity index (χ3n) is 6.18. The summed E-state index contributed by atoms with van der Waals surface area (Å²) in [5.74, 6) is 0.415. The zero-order valence-corrected chi connectivity index (χ0v) is 18.9. The number of nitrogens with zero attached hydrogens (tertiary/aromatic N) is 4. The van der Waals surface area contributed by atoms with Gasteiger partial charge in [0.05, 0.1) is 18.4 Å². The van der Waals surface area contributed by atoms with Crippen molar-refractivity contribution < 1.29 is 18.0 Å². The summed E-state index contributed by atoms with van der Waals surface area (Å²) in [7, 11) is 0. The summed E-state index contributed by atoms with van der Waals surface area (Å²) in [5.41, 5.74) is -0.807. The number of hydrogen-bond acceptors (Lipinski definition) is 6. The first-order chi connectivity index (χ1) is 15.3. The molecule has 2 aliphatic heterocycles. The maximum Gasteiger partial charge on any atom is 0.433 e. The molecule has 0 unspecified atom stereocenters. The fourth-order valence-corrected chi connectivity index (χ4v) is 5.37. The number of amides is 1. The molecule has 1 N–H and O–H groups in total. The number of halogens is 3. The maximum absolute atomic E-state index is 12.8. The van der Waals surface area contributed by atoms with Gasteiger partial charge < -0.3 is 10.2 Å². The maximum atomic E-state index is 12.8. The quantitative estimate of drug-likeness (QED) is 0.715. The van der Waals surface area contributed by atoms with E-state index in [1.165, 1.54) is 55.6 Å². The number of rotatable bonds is 5. The van der Waals surface area contributed by atoms with Gasteiger partial charge in [0, 0.05) is 25.7 Å². The molecule has 10 heteroatoms. The SMILES string of the molecule is C[C@@H]1CCCN(C2CCN(c3ncc(C(=O)NCc4cccc(C(F)(F)F)n4)s3)CC2)C1. The fourth-order valence-electron chi connectivity index (χ4n) is 4.49. The van der Waals surface area contributed by atoms with Crippen molar-refractivity contribution in [3.63, 3.8) is 0 Å². The van der Waals surface area contributed by atoms with E-state index in [-0.39, 0.29) is 18.1 Å². The van der Waals surface area contributed by atoms with Gasteiger partial charge in [0.2, 0.25) is 0 Å². The minimum absolute atomic E-state index is 0.0738. The van der Waals surface area contributed by atoms with Crippen LogP contribution in [-0.4, -0.2) is 53.0 Å². The van der Waals surface area contributed by atoms with Crippen LogP contribution in [0.25, 0.3) is 0 Å². The first kappa shape index (κ1) is 23.0. The highest BCUT2D eigenvalue weighted by Crippen LogP contribution is 2.29. The minimum atomic E-state index is -4.51. The summed E-state index contributed by atoms with van der Waals surface area (Å²) in [6, 6.07) is 4.28. The van der Waals surface area contributed by atoms with Gasteiger partial charge >= 0.3 is 6.18 Å². The average molecular weight is 468 g/mol. The van der Waals surface area contributed by atoms with Crippen molar-refractivity contribution in [1.82, 2.24) is 20.2 Å². The molecule has 2 saturated heterocycles. The van der Waals surface area contributed by atoms with E-state index in [1.54, 1.807) is 0 Å². The van der Waals surface area contributed by atoms with Crippen LogP contribution in [0.1, 0.15) is 53.7 Å². The Morgan fingerprint density at radius 3 is 2.72 bits per heavy atom. The highest BCUT2D eigenvalue weighted by atomic mass is 32.1. The molecule has 0 bridgehead atoms. The smallest absolute Gasteiger partial charge is 0.348 e. The standard InChI is InChI=1S/C22H28F3N5OS/c1-15-4-3-9-30(14-15)17-7-10-29(11-8-17)21-27-13-18(32-21)20(31)26-12-16-5-2-6-19(28-16)22(23,24)25/h2,5-6,13,15,17H,3-4,7-12,14H2,1H3,(H,26,31)/t15-/m1/s1. The molecule has 0 saturated carbocycles. The second-order valence-electron chi connectivity index (χ2n) is 8.66. The predicted octanol–water partition coefficient (Wildman–Crippen LogP) is 4.19. The number of carbonyl (C=O) groups excluding carboxylic acids is 1. The third-order valence-corrected chi connectivity index (χ3v) is 7.24. The largest absolute Gasteiger partial charge is 0.433 e. The number of aromatic nitrogens is 2. The van der Waals surface area contributed by atoms with Gasteiger partial charge in [0.25, 0.3) is 5.91 Å². The van der Waals surface area contributed by atoms with Gasteiger partial charge in [-0.05, 0) is 50.3 Å². The van der Waals surface area contributed by atoms with Gasteiger partial charge in [-0.3, -0.25) is 9.69 Å². The number of pyridine rings is 1. The molecule has 2 aliphatic rings. The zero-order chi connectivity index (χ0) is 22.7. The van der Waals surface area contributed by atoms with E-state index in [1.807, 2.05) is 0 Å². The molecule has 0 radical (unpaired) electrons. The van der Waals surface area contributed by atoms with Gasteiger partial charge in [-0.15, -0.1) is 0 Å². The topological polar surface area (TPSA) is 61.4 Å². The van der Waals surface area contributed by atoms with E-state index >= 15 is 0 Å². The lowest BCUT2D eigenvalue weighted by atomic mass is 9.95. The van der Waals surface area contributed by atoms with Crippen LogP contribution in [0.15, 0.2) is 24.4 Å². The Hall–Kier alpha value is -2.20. The van der Waals surface area contributed by atoms with E-state index in [2.05, 4.69) is 32.0 Å². The van der Waals surface area contributed by atoms with Crippen molar-refractivity contribution in [2.75, 3.05) is 31.1 Å². The van der Waals surface area contributed by atoms with Crippen LogP contribution in [0.2, 0.25) is 0 Å². The van der Waals surface area contributed by atoms with E-state index in [0.29, 0.717) is 10.9 Å². The molecule has 2 aromatic heterocycles. The van der Waals surface area contributed by atoms with Crippen LogP contribution in [0.4, 0.5) is 18.3 Å². The number of carbonyl (C=O) groups is 1.